The fourth-order valence-electron chi connectivity index (χ4n) is 3.97. The molecule has 35 heavy (non-hydrogen) atoms. The Morgan fingerprint density at radius 1 is 1.14 bits per heavy atom. The minimum absolute atomic E-state index is 0.130. The average Bonchev–Trinajstić information content (AvgIpc) is 3.19. The molecule has 1 aliphatic carbocycles. The highest BCUT2D eigenvalue weighted by Gasteiger charge is 2.25. The number of nitrogens with zero attached hydrogens (tertiary/aromatic N) is 1. The number of rotatable bonds is 7. The van der Waals surface area contributed by atoms with E-state index in [4.69, 9.17) is 23.2 Å². The van der Waals surface area contributed by atoms with Crippen molar-refractivity contribution in [2.45, 2.75) is 49.2 Å². The number of hydrogen-bond donors (Lipinski definition) is 2. The average molecular weight is 545 g/mol. The molecular formula is C26H23Cl2N3O2S2. The van der Waals surface area contributed by atoms with Crippen LogP contribution in [-0.4, -0.2) is 17.1 Å². The molecule has 0 fully saturated rings. The lowest BCUT2D eigenvalue weighted by atomic mass is 9.96. The van der Waals surface area contributed by atoms with Crippen molar-refractivity contribution in [2.75, 3.05) is 10.6 Å². The summed E-state index contributed by atoms with van der Waals surface area (Å²) in [4.78, 5) is 27.8. The minimum atomic E-state index is -0.350. The zero-order valence-corrected chi connectivity index (χ0v) is 22.1. The number of fused-ring (bicyclic) bond motifs is 1. The summed E-state index contributed by atoms with van der Waals surface area (Å²) in [5, 5.41) is 16.6. The maximum Gasteiger partial charge on any atom is 0.257 e. The molecule has 2 N–H and O–H groups in total. The molecule has 0 bridgehead atoms. The Labute approximate surface area is 222 Å². The van der Waals surface area contributed by atoms with Gasteiger partial charge in [0.15, 0.2) is 0 Å². The number of halogens is 2. The topological polar surface area (TPSA) is 82.0 Å². The van der Waals surface area contributed by atoms with Gasteiger partial charge in [-0.3, -0.25) is 9.59 Å². The summed E-state index contributed by atoms with van der Waals surface area (Å²) in [6, 6.07) is 14.3. The highest BCUT2D eigenvalue weighted by molar-refractivity contribution is 8.00. The van der Waals surface area contributed by atoms with Crippen molar-refractivity contribution < 1.29 is 9.59 Å². The number of aryl methyl sites for hydroxylation is 1. The van der Waals surface area contributed by atoms with Gasteiger partial charge in [-0.15, -0.1) is 23.1 Å². The van der Waals surface area contributed by atoms with E-state index < -0.39 is 0 Å². The number of benzene rings is 2. The third-order valence-corrected chi connectivity index (χ3v) is 8.84. The Morgan fingerprint density at radius 2 is 1.94 bits per heavy atom. The number of nitrogens with one attached hydrogen (secondary N) is 2. The second-order valence-electron chi connectivity index (χ2n) is 8.14. The van der Waals surface area contributed by atoms with E-state index >= 15 is 0 Å². The highest BCUT2D eigenvalue weighted by atomic mass is 35.5. The van der Waals surface area contributed by atoms with E-state index in [1.165, 1.54) is 34.0 Å². The molecule has 2 aromatic carbocycles. The van der Waals surface area contributed by atoms with Crippen molar-refractivity contribution in [2.24, 2.45) is 0 Å². The van der Waals surface area contributed by atoms with Gasteiger partial charge in [-0.05, 0) is 74.1 Å². The molecule has 1 heterocycles. The SMILES string of the molecule is CCC(Sc1cccc(NC(=O)c2ccc(Cl)cc2Cl)c1)C(=O)Nc1sc2c(c1C#N)CCCC2. The molecule has 0 saturated carbocycles. The van der Waals surface area contributed by atoms with Crippen LogP contribution in [0.2, 0.25) is 10.0 Å². The first kappa shape index (κ1) is 25.6. The number of carbonyl (C=O) groups is 2. The summed E-state index contributed by atoms with van der Waals surface area (Å²) >= 11 is 15.0. The predicted octanol–water partition coefficient (Wildman–Crippen LogP) is 7.57. The molecule has 1 aliphatic rings. The summed E-state index contributed by atoms with van der Waals surface area (Å²) < 4.78 is 0. The molecule has 4 rings (SSSR count). The van der Waals surface area contributed by atoms with Gasteiger partial charge in [-0.1, -0.05) is 36.2 Å². The normalized spacial score (nSPS) is 13.4. The number of hydrogen-bond acceptors (Lipinski definition) is 5. The van der Waals surface area contributed by atoms with E-state index in [1.54, 1.807) is 18.2 Å². The van der Waals surface area contributed by atoms with Gasteiger partial charge < -0.3 is 10.6 Å². The monoisotopic (exact) mass is 543 g/mol. The number of nitriles is 1. The van der Waals surface area contributed by atoms with Crippen molar-refractivity contribution in [1.29, 1.82) is 5.26 Å². The molecule has 1 unspecified atom stereocenters. The smallest absolute Gasteiger partial charge is 0.257 e. The molecule has 180 valence electrons. The summed E-state index contributed by atoms with van der Waals surface area (Å²) in [7, 11) is 0. The second kappa shape index (κ2) is 11.5. The van der Waals surface area contributed by atoms with Crippen molar-refractivity contribution in [3.63, 3.8) is 0 Å². The first-order valence-electron chi connectivity index (χ1n) is 11.3. The lowest BCUT2D eigenvalue weighted by Crippen LogP contribution is -2.24. The van der Waals surface area contributed by atoms with E-state index in [1.807, 2.05) is 25.1 Å². The Balaban J connectivity index is 1.45. The molecule has 0 radical (unpaired) electrons. The molecule has 0 saturated heterocycles. The van der Waals surface area contributed by atoms with Gasteiger partial charge in [-0.25, -0.2) is 0 Å². The van der Waals surface area contributed by atoms with Crippen molar-refractivity contribution in [3.05, 3.63) is 74.1 Å². The summed E-state index contributed by atoms with van der Waals surface area (Å²) in [5.41, 5.74) is 2.64. The molecule has 1 aromatic heterocycles. The first-order valence-corrected chi connectivity index (χ1v) is 13.7. The van der Waals surface area contributed by atoms with Gasteiger partial charge in [0.25, 0.3) is 5.91 Å². The third kappa shape index (κ3) is 6.02. The van der Waals surface area contributed by atoms with Gasteiger partial charge in [0.2, 0.25) is 5.91 Å². The van der Waals surface area contributed by atoms with Crippen LogP contribution >= 0.6 is 46.3 Å². The third-order valence-electron chi connectivity index (χ3n) is 5.73. The number of amides is 2. The van der Waals surface area contributed by atoms with Crippen molar-refractivity contribution in [3.8, 4) is 6.07 Å². The Kier molecular flexibility index (Phi) is 8.40. The minimum Gasteiger partial charge on any atom is -0.322 e. The fraction of sp³-hybridized carbons (Fsp3) is 0.269. The summed E-state index contributed by atoms with van der Waals surface area (Å²) in [5.74, 6) is -0.473. The van der Waals surface area contributed by atoms with Crippen LogP contribution in [0.3, 0.4) is 0 Å². The number of thioether (sulfide) groups is 1. The van der Waals surface area contributed by atoms with E-state index in [9.17, 15) is 14.9 Å². The van der Waals surface area contributed by atoms with Crippen LogP contribution in [0.15, 0.2) is 47.4 Å². The highest BCUT2D eigenvalue weighted by Crippen LogP contribution is 2.38. The Morgan fingerprint density at radius 3 is 2.69 bits per heavy atom. The van der Waals surface area contributed by atoms with E-state index in [0.29, 0.717) is 33.3 Å². The van der Waals surface area contributed by atoms with Crippen LogP contribution in [0, 0.1) is 11.3 Å². The van der Waals surface area contributed by atoms with Gasteiger partial charge in [0, 0.05) is 20.5 Å². The van der Waals surface area contributed by atoms with E-state index in [-0.39, 0.29) is 22.1 Å². The van der Waals surface area contributed by atoms with Crippen LogP contribution in [0.25, 0.3) is 0 Å². The van der Waals surface area contributed by atoms with Crippen LogP contribution in [-0.2, 0) is 17.6 Å². The molecule has 0 spiro atoms. The fourth-order valence-corrected chi connectivity index (χ4v) is 6.72. The predicted molar refractivity (Wildman–Crippen MR) is 145 cm³/mol. The molecule has 2 amide bonds. The maximum atomic E-state index is 13.1. The largest absolute Gasteiger partial charge is 0.322 e. The first-order chi connectivity index (χ1) is 16.9. The molecule has 3 aromatic rings. The zero-order valence-electron chi connectivity index (χ0n) is 19.0. The summed E-state index contributed by atoms with van der Waals surface area (Å²) in [6.45, 7) is 1.95. The van der Waals surface area contributed by atoms with Crippen LogP contribution in [0.5, 0.6) is 0 Å². The van der Waals surface area contributed by atoms with Gasteiger partial charge >= 0.3 is 0 Å². The molecule has 9 heteroatoms. The summed E-state index contributed by atoms with van der Waals surface area (Å²) in [6.07, 6.45) is 4.68. The number of anilines is 2. The Hall–Kier alpha value is -2.50. The van der Waals surface area contributed by atoms with E-state index in [2.05, 4.69) is 16.7 Å². The molecule has 1 atom stereocenters. The van der Waals surface area contributed by atoms with Gasteiger partial charge in [0.05, 0.1) is 21.4 Å². The van der Waals surface area contributed by atoms with Crippen molar-refractivity contribution >= 4 is 68.8 Å². The van der Waals surface area contributed by atoms with E-state index in [0.717, 1.165) is 36.1 Å². The quantitative estimate of drug-likeness (QED) is 0.301. The second-order valence-corrected chi connectivity index (χ2v) is 11.4. The lowest BCUT2D eigenvalue weighted by molar-refractivity contribution is -0.115. The van der Waals surface area contributed by atoms with Crippen LogP contribution in [0.4, 0.5) is 10.7 Å². The Bertz CT molecular complexity index is 1320. The van der Waals surface area contributed by atoms with Crippen LogP contribution in [0.1, 0.15) is 52.5 Å². The maximum absolute atomic E-state index is 13.1. The van der Waals surface area contributed by atoms with Crippen molar-refractivity contribution in [1.82, 2.24) is 0 Å². The molecule has 0 aliphatic heterocycles. The number of carbonyl (C=O) groups excluding carboxylic acids is 2. The zero-order chi connectivity index (χ0) is 24.9. The van der Waals surface area contributed by atoms with Gasteiger partial charge in [-0.2, -0.15) is 5.26 Å². The van der Waals surface area contributed by atoms with Crippen LogP contribution < -0.4 is 10.6 Å². The van der Waals surface area contributed by atoms with Gasteiger partial charge in [0.1, 0.15) is 11.1 Å². The standard InChI is InChI=1S/C26H23Cl2N3O2S2/c1-2-22(25(33)31-26-20(14-29)18-8-3-4-9-23(18)35-26)34-17-7-5-6-16(13-17)30-24(32)19-11-10-15(27)12-21(19)28/h5-7,10-13,22H,2-4,8-9H2,1H3,(H,30,32)(H,31,33). The number of thiophene rings is 1. The molecule has 5 nitrogen and oxygen atoms in total. The molecular weight excluding hydrogens is 521 g/mol. The lowest BCUT2D eigenvalue weighted by Gasteiger charge is -2.15.